The van der Waals surface area contributed by atoms with Gasteiger partial charge < -0.3 is 24.7 Å². The summed E-state index contributed by atoms with van der Waals surface area (Å²) in [5.74, 6) is -1.42. The monoisotopic (exact) mass is 798 g/mol. The first-order valence-electron chi connectivity index (χ1n) is 17.9. The van der Waals surface area contributed by atoms with E-state index in [-0.39, 0.29) is 16.2 Å². The number of allylic oxidation sites excluding steroid dienone is 6. The molecule has 3 heterocycles. The number of benzene rings is 2. The molecule has 1 atom stereocenters. The zero-order chi connectivity index (χ0) is 40.3. The number of aromatic nitrogens is 1. The molecule has 4 N–H and O–H groups in total. The summed E-state index contributed by atoms with van der Waals surface area (Å²) in [4.78, 5) is 19.1. The quantitative estimate of drug-likeness (QED) is 0.0588. The van der Waals surface area contributed by atoms with Crippen LogP contribution in [0, 0.1) is 0 Å². The van der Waals surface area contributed by atoms with Crippen LogP contribution >= 0.6 is 0 Å². The third kappa shape index (κ3) is 8.58. The molecule has 0 amide bonds. The first kappa shape index (κ1) is 41.4. The van der Waals surface area contributed by atoms with Gasteiger partial charge in [0, 0.05) is 73.3 Å². The second-order valence-corrected chi connectivity index (χ2v) is 17.0. The van der Waals surface area contributed by atoms with Crippen LogP contribution in [0.3, 0.4) is 0 Å². The topological polar surface area (TPSA) is 196 Å². The molecular weight excluding hydrogens is 751 g/mol. The number of ether oxygens (including phenoxy) is 1. The summed E-state index contributed by atoms with van der Waals surface area (Å²) in [6.07, 6.45) is 11.9. The number of nitrogens with zero attached hydrogens (tertiary/aromatic N) is 3. The molecule has 1 unspecified atom stereocenters. The number of methoxy groups -OCH3 is 1. The molecule has 14 nitrogen and oxygen atoms in total. The van der Waals surface area contributed by atoms with E-state index < -0.39 is 48.8 Å². The van der Waals surface area contributed by atoms with Gasteiger partial charge in [-0.2, -0.15) is 21.4 Å². The summed E-state index contributed by atoms with van der Waals surface area (Å²) in [5.41, 5.74) is 3.69. The van der Waals surface area contributed by atoms with Gasteiger partial charge in [-0.3, -0.25) is 9.11 Å². The van der Waals surface area contributed by atoms with Crippen LogP contribution < -0.4 is 9.74 Å². The number of hydrogen-bond acceptors (Lipinski definition) is 10. The average molecular weight is 799 g/mol. The van der Waals surface area contributed by atoms with Crippen LogP contribution in [0.4, 0.5) is 11.4 Å². The van der Waals surface area contributed by atoms with Crippen molar-refractivity contribution in [3.8, 4) is 11.8 Å². The van der Waals surface area contributed by atoms with E-state index in [4.69, 9.17) is 9.57 Å². The largest absolute Gasteiger partial charge is 0.492 e. The van der Waals surface area contributed by atoms with E-state index in [2.05, 4.69) is 9.48 Å². The van der Waals surface area contributed by atoms with Crippen molar-refractivity contribution in [2.45, 2.75) is 80.4 Å². The number of carbonyl (C=O) groups is 1. The highest BCUT2D eigenvalue weighted by Crippen LogP contribution is 2.51. The molecule has 0 radical (unpaired) electrons. The van der Waals surface area contributed by atoms with Gasteiger partial charge in [-0.1, -0.05) is 24.6 Å². The Balaban J connectivity index is 1.40. The highest BCUT2D eigenvalue weighted by atomic mass is 32.2. The number of fused-ring (bicyclic) bond motifs is 2. The lowest BCUT2D eigenvalue weighted by molar-refractivity contribution is -0.433. The molecule has 16 heteroatoms. The van der Waals surface area contributed by atoms with Crippen molar-refractivity contribution in [2.24, 2.45) is 0 Å². The van der Waals surface area contributed by atoms with Gasteiger partial charge >= 0.3 is 5.97 Å². The van der Waals surface area contributed by atoms with Crippen molar-refractivity contribution in [3.05, 3.63) is 95.7 Å². The third-order valence-corrected chi connectivity index (χ3v) is 12.0. The Morgan fingerprint density at radius 1 is 0.855 bits per heavy atom. The lowest BCUT2D eigenvalue weighted by atomic mass is 9.78. The molecule has 2 aromatic carbocycles. The minimum Gasteiger partial charge on any atom is -0.492 e. The van der Waals surface area contributed by atoms with E-state index in [0.717, 1.165) is 28.3 Å². The number of rotatable bonds is 16. The standard InChI is InChI=1S/C39H47N3O11S2/c1-6-40-31-18-16-27(54(46,47)48)25-29(31)38(2,3)33(40)13-9-7-10-14-34-39(4,22-24-52-5)30-26-28(55(49,50)51)17-19-32(30)41(34)23-12-8-11-15-37(45)53-42-35(43)20-21-36(42)44/h7,9-10,13-14,16-21,25-26H,6,8,11-12,15,22-24H2,1-5H3,(H3-,43,44,46,47,48,49,50,51)/p+1. The normalized spacial score (nSPS) is 18.9. The summed E-state index contributed by atoms with van der Waals surface area (Å²) < 4.78 is 76.0. The Kier molecular flexibility index (Phi) is 12.2. The van der Waals surface area contributed by atoms with Crippen molar-refractivity contribution >= 4 is 43.3 Å². The minimum atomic E-state index is -4.48. The van der Waals surface area contributed by atoms with Crippen molar-refractivity contribution < 1.29 is 55.1 Å². The Hall–Kier alpha value is -4.74. The van der Waals surface area contributed by atoms with Gasteiger partial charge in [-0.15, -0.1) is 4.73 Å². The molecule has 296 valence electrons. The van der Waals surface area contributed by atoms with Crippen LogP contribution in [0.15, 0.2) is 94.4 Å². The van der Waals surface area contributed by atoms with Gasteiger partial charge in [-0.05, 0) is 88.9 Å². The zero-order valence-corrected chi connectivity index (χ0v) is 33.1. The van der Waals surface area contributed by atoms with E-state index >= 15 is 0 Å². The molecule has 2 aliphatic rings. The van der Waals surface area contributed by atoms with Crippen molar-refractivity contribution in [3.63, 3.8) is 0 Å². The Morgan fingerprint density at radius 3 is 2.11 bits per heavy atom. The van der Waals surface area contributed by atoms with Gasteiger partial charge in [0.05, 0.1) is 15.2 Å². The predicted molar refractivity (Wildman–Crippen MR) is 206 cm³/mol. The molecule has 0 aliphatic carbocycles. The molecule has 3 aromatic rings. The second-order valence-electron chi connectivity index (χ2n) is 14.2. The lowest BCUT2D eigenvalue weighted by Gasteiger charge is -2.30. The first-order valence-corrected chi connectivity index (χ1v) is 20.7. The zero-order valence-electron chi connectivity index (χ0n) is 31.5. The minimum absolute atomic E-state index is 0.0484. The summed E-state index contributed by atoms with van der Waals surface area (Å²) in [6, 6.07) is 11.6. The molecule has 0 bridgehead atoms. The first-order chi connectivity index (χ1) is 25.8. The van der Waals surface area contributed by atoms with Crippen LogP contribution in [0.25, 0.3) is 0 Å². The highest BCUT2D eigenvalue weighted by Gasteiger charge is 2.45. The average Bonchev–Trinajstić information content (AvgIpc) is 3.64. The fourth-order valence-electron chi connectivity index (χ4n) is 7.37. The molecule has 1 aromatic heterocycles. The SMILES string of the molecule is CC[N+]1=C(C=CC=CC=C2N(CCCCCC(=O)On3c(O)ccc3O)c3ccc(S(=O)(=O)O)cc3C2(C)CCOC)C(C)(C)c2cc(S(=O)(=O)O)ccc21. The molecule has 55 heavy (non-hydrogen) atoms. The summed E-state index contributed by atoms with van der Waals surface area (Å²) in [5, 5.41) is 19.5. The van der Waals surface area contributed by atoms with Gasteiger partial charge in [0.1, 0.15) is 6.54 Å². The van der Waals surface area contributed by atoms with Crippen LogP contribution in [0.2, 0.25) is 0 Å². The Morgan fingerprint density at radius 2 is 1.49 bits per heavy atom. The van der Waals surface area contributed by atoms with E-state index in [1.54, 1.807) is 19.2 Å². The molecule has 0 spiro atoms. The Labute approximate surface area is 321 Å². The molecule has 5 rings (SSSR count). The van der Waals surface area contributed by atoms with Crippen LogP contribution in [0.5, 0.6) is 11.8 Å². The fraction of sp³-hybridized carbons (Fsp3) is 0.385. The maximum atomic E-state index is 12.4. The van der Waals surface area contributed by atoms with E-state index in [9.17, 15) is 40.9 Å². The van der Waals surface area contributed by atoms with Gasteiger partial charge in [0.25, 0.3) is 20.2 Å². The Bertz CT molecular complexity index is 2290. The molecule has 0 saturated carbocycles. The number of carbonyl (C=O) groups excluding carboxylic acids is 1. The molecule has 0 fully saturated rings. The molecule has 2 aliphatic heterocycles. The van der Waals surface area contributed by atoms with Crippen molar-refractivity contribution in [1.29, 1.82) is 0 Å². The smallest absolute Gasteiger partial charge is 0.333 e. The predicted octanol–water partition coefficient (Wildman–Crippen LogP) is 5.82. The van der Waals surface area contributed by atoms with Crippen molar-refractivity contribution in [2.75, 3.05) is 31.7 Å². The lowest BCUT2D eigenvalue weighted by Crippen LogP contribution is -2.30. The van der Waals surface area contributed by atoms with Crippen LogP contribution in [-0.4, -0.2) is 83.9 Å². The highest BCUT2D eigenvalue weighted by molar-refractivity contribution is 7.86. The number of hydrogen-bond donors (Lipinski definition) is 4. The summed E-state index contributed by atoms with van der Waals surface area (Å²) in [6.45, 7) is 9.52. The van der Waals surface area contributed by atoms with E-state index in [1.165, 1.54) is 36.4 Å². The second kappa shape index (κ2) is 16.2. The van der Waals surface area contributed by atoms with E-state index in [1.807, 2.05) is 58.1 Å². The number of unbranched alkanes of at least 4 members (excludes halogenated alkanes) is 2. The van der Waals surface area contributed by atoms with Gasteiger partial charge in [-0.25, -0.2) is 4.79 Å². The fourth-order valence-corrected chi connectivity index (χ4v) is 8.39. The maximum Gasteiger partial charge on any atom is 0.333 e. The maximum absolute atomic E-state index is 12.4. The number of aromatic hydroxyl groups is 2. The van der Waals surface area contributed by atoms with Crippen LogP contribution in [-0.2, 0) is 40.6 Å². The van der Waals surface area contributed by atoms with Crippen LogP contribution in [0.1, 0.15) is 70.9 Å². The molecule has 0 saturated heterocycles. The van der Waals surface area contributed by atoms with Gasteiger partial charge in [0.15, 0.2) is 5.71 Å². The summed E-state index contributed by atoms with van der Waals surface area (Å²) in [7, 11) is -7.27. The molecular formula is C39H48N3O11S2+. The van der Waals surface area contributed by atoms with Gasteiger partial charge in [0.2, 0.25) is 17.4 Å². The third-order valence-electron chi connectivity index (χ3n) is 10.3. The van der Waals surface area contributed by atoms with Crippen molar-refractivity contribution in [1.82, 2.24) is 4.73 Å². The number of anilines is 1. The summed E-state index contributed by atoms with van der Waals surface area (Å²) >= 11 is 0. The van der Waals surface area contributed by atoms with E-state index in [0.29, 0.717) is 55.7 Å².